The van der Waals surface area contributed by atoms with Crippen LogP contribution in [-0.4, -0.2) is 17.4 Å². The minimum atomic E-state index is -0.259. The van der Waals surface area contributed by atoms with Crippen molar-refractivity contribution in [1.82, 2.24) is 10.3 Å². The number of carbonyl (C=O) groups is 1. The van der Waals surface area contributed by atoms with Gasteiger partial charge in [-0.2, -0.15) is 0 Å². The van der Waals surface area contributed by atoms with Crippen molar-refractivity contribution >= 4 is 32.7 Å². The molecule has 1 heterocycles. The van der Waals surface area contributed by atoms with Gasteiger partial charge in [0, 0.05) is 28.1 Å². The average molecular weight is 361 g/mol. The van der Waals surface area contributed by atoms with Gasteiger partial charge in [-0.3, -0.25) is 4.79 Å². The molecule has 3 rings (SSSR count). The van der Waals surface area contributed by atoms with Gasteiger partial charge in [0.25, 0.3) is 5.91 Å². The summed E-state index contributed by atoms with van der Waals surface area (Å²) >= 11 is 3.36. The number of benzene rings is 2. The molecule has 3 nitrogen and oxygen atoms in total. The highest BCUT2D eigenvalue weighted by Crippen LogP contribution is 2.20. The van der Waals surface area contributed by atoms with Gasteiger partial charge < -0.3 is 10.3 Å². The SMILES string of the molecule is O=C(NCCc1c[nH]c2ccc(F)cc12)c1ccccc1Br. The number of halogens is 2. The van der Waals surface area contributed by atoms with Crippen molar-refractivity contribution in [2.45, 2.75) is 6.42 Å². The van der Waals surface area contributed by atoms with Crippen molar-refractivity contribution in [1.29, 1.82) is 0 Å². The lowest BCUT2D eigenvalue weighted by Crippen LogP contribution is -2.25. The van der Waals surface area contributed by atoms with E-state index in [4.69, 9.17) is 0 Å². The van der Waals surface area contributed by atoms with Crippen molar-refractivity contribution in [2.24, 2.45) is 0 Å². The van der Waals surface area contributed by atoms with Crippen LogP contribution in [0.5, 0.6) is 0 Å². The zero-order chi connectivity index (χ0) is 15.5. The number of aromatic amines is 1. The van der Waals surface area contributed by atoms with Crippen LogP contribution in [0.15, 0.2) is 53.1 Å². The van der Waals surface area contributed by atoms with Gasteiger partial charge in [0.15, 0.2) is 0 Å². The van der Waals surface area contributed by atoms with Gasteiger partial charge in [-0.1, -0.05) is 12.1 Å². The van der Waals surface area contributed by atoms with Gasteiger partial charge in [-0.25, -0.2) is 4.39 Å². The first-order chi connectivity index (χ1) is 10.6. The number of rotatable bonds is 4. The smallest absolute Gasteiger partial charge is 0.252 e. The summed E-state index contributed by atoms with van der Waals surface area (Å²) in [5.41, 5.74) is 2.49. The fraction of sp³-hybridized carbons (Fsp3) is 0.118. The molecule has 0 aliphatic carbocycles. The molecule has 3 aromatic rings. The highest BCUT2D eigenvalue weighted by molar-refractivity contribution is 9.10. The normalized spacial score (nSPS) is 10.8. The van der Waals surface area contributed by atoms with Crippen LogP contribution in [0.3, 0.4) is 0 Å². The lowest BCUT2D eigenvalue weighted by Gasteiger charge is -2.06. The highest BCUT2D eigenvalue weighted by atomic mass is 79.9. The van der Waals surface area contributed by atoms with E-state index in [1.54, 1.807) is 12.1 Å². The third-order valence-corrected chi connectivity index (χ3v) is 4.22. The summed E-state index contributed by atoms with van der Waals surface area (Å²) in [5, 5.41) is 3.74. The van der Waals surface area contributed by atoms with Crippen LogP contribution in [0.25, 0.3) is 10.9 Å². The van der Waals surface area contributed by atoms with Crippen LogP contribution in [0.1, 0.15) is 15.9 Å². The predicted molar refractivity (Wildman–Crippen MR) is 88.4 cm³/mol. The monoisotopic (exact) mass is 360 g/mol. The summed E-state index contributed by atoms with van der Waals surface area (Å²) in [4.78, 5) is 15.2. The second kappa shape index (κ2) is 6.32. The molecule has 0 spiro atoms. The summed E-state index contributed by atoms with van der Waals surface area (Å²) in [6.45, 7) is 0.490. The molecular formula is C17H14BrFN2O. The maximum Gasteiger partial charge on any atom is 0.252 e. The Morgan fingerprint density at radius 2 is 2.05 bits per heavy atom. The number of carbonyl (C=O) groups excluding carboxylic acids is 1. The first-order valence-electron chi connectivity index (χ1n) is 6.93. The first-order valence-corrected chi connectivity index (χ1v) is 7.72. The Bertz CT molecular complexity index is 828. The number of fused-ring (bicyclic) bond motifs is 1. The molecule has 2 N–H and O–H groups in total. The quantitative estimate of drug-likeness (QED) is 0.724. The van der Waals surface area contributed by atoms with E-state index in [0.717, 1.165) is 20.9 Å². The standard InChI is InChI=1S/C17H14BrFN2O/c18-15-4-2-1-3-13(15)17(22)20-8-7-11-10-21-16-6-5-12(19)9-14(11)16/h1-6,9-10,21H,7-8H2,(H,20,22). The number of hydrogen-bond acceptors (Lipinski definition) is 1. The molecule has 0 radical (unpaired) electrons. The molecule has 0 aliphatic heterocycles. The fourth-order valence-corrected chi connectivity index (χ4v) is 2.87. The summed E-state index contributed by atoms with van der Waals surface area (Å²) in [7, 11) is 0. The molecule has 1 amide bonds. The van der Waals surface area contributed by atoms with Crippen molar-refractivity contribution in [3.63, 3.8) is 0 Å². The second-order valence-corrected chi connectivity index (χ2v) is 5.84. The van der Waals surface area contributed by atoms with E-state index in [-0.39, 0.29) is 11.7 Å². The highest BCUT2D eigenvalue weighted by Gasteiger charge is 2.09. The average Bonchev–Trinajstić information content (AvgIpc) is 2.90. The Balaban J connectivity index is 1.66. The fourth-order valence-electron chi connectivity index (χ4n) is 2.41. The van der Waals surface area contributed by atoms with Crippen LogP contribution in [0, 0.1) is 5.82 Å². The number of aromatic nitrogens is 1. The maximum absolute atomic E-state index is 13.3. The molecule has 5 heteroatoms. The van der Waals surface area contributed by atoms with Crippen LogP contribution >= 0.6 is 15.9 Å². The molecule has 0 unspecified atom stereocenters. The van der Waals surface area contributed by atoms with Gasteiger partial charge in [-0.05, 0) is 58.2 Å². The summed E-state index contributed by atoms with van der Waals surface area (Å²) in [5.74, 6) is -0.385. The molecule has 0 fully saturated rings. The molecule has 0 bridgehead atoms. The number of amides is 1. The Labute approximate surface area is 135 Å². The zero-order valence-electron chi connectivity index (χ0n) is 11.7. The minimum Gasteiger partial charge on any atom is -0.361 e. The lowest BCUT2D eigenvalue weighted by molar-refractivity contribution is 0.0953. The first kappa shape index (κ1) is 14.8. The van der Waals surface area contributed by atoms with Crippen molar-refractivity contribution in [3.8, 4) is 0 Å². The Kier molecular flexibility index (Phi) is 4.24. The molecule has 0 aliphatic rings. The Morgan fingerprint density at radius 1 is 1.23 bits per heavy atom. The molecule has 0 saturated heterocycles. The van der Waals surface area contributed by atoms with Crippen molar-refractivity contribution < 1.29 is 9.18 Å². The molecule has 1 aromatic heterocycles. The van der Waals surface area contributed by atoms with E-state index in [2.05, 4.69) is 26.2 Å². The Hall–Kier alpha value is -2.14. The van der Waals surface area contributed by atoms with Crippen LogP contribution < -0.4 is 5.32 Å². The maximum atomic E-state index is 13.3. The molecule has 2 aromatic carbocycles. The molecule has 0 atom stereocenters. The Morgan fingerprint density at radius 3 is 2.86 bits per heavy atom. The van der Waals surface area contributed by atoms with E-state index >= 15 is 0 Å². The third-order valence-electron chi connectivity index (χ3n) is 3.53. The summed E-state index contributed by atoms with van der Waals surface area (Å²) in [6.07, 6.45) is 2.49. The van der Waals surface area contributed by atoms with E-state index in [9.17, 15) is 9.18 Å². The molecule has 112 valence electrons. The largest absolute Gasteiger partial charge is 0.361 e. The van der Waals surface area contributed by atoms with Crippen LogP contribution in [0.2, 0.25) is 0 Å². The molecular weight excluding hydrogens is 347 g/mol. The molecule has 22 heavy (non-hydrogen) atoms. The number of nitrogens with one attached hydrogen (secondary N) is 2. The topological polar surface area (TPSA) is 44.9 Å². The van der Waals surface area contributed by atoms with Crippen molar-refractivity contribution in [2.75, 3.05) is 6.54 Å². The predicted octanol–water partition coefficient (Wildman–Crippen LogP) is 4.04. The van der Waals surface area contributed by atoms with E-state index in [1.807, 2.05) is 24.4 Å². The summed E-state index contributed by atoms with van der Waals surface area (Å²) in [6, 6.07) is 11.9. The zero-order valence-corrected chi connectivity index (χ0v) is 13.3. The van der Waals surface area contributed by atoms with E-state index in [0.29, 0.717) is 18.5 Å². The number of H-pyrrole nitrogens is 1. The van der Waals surface area contributed by atoms with Gasteiger partial charge in [-0.15, -0.1) is 0 Å². The summed E-state index contributed by atoms with van der Waals surface area (Å²) < 4.78 is 14.1. The van der Waals surface area contributed by atoms with E-state index < -0.39 is 0 Å². The minimum absolute atomic E-state index is 0.126. The lowest BCUT2D eigenvalue weighted by atomic mass is 10.1. The van der Waals surface area contributed by atoms with Gasteiger partial charge >= 0.3 is 0 Å². The second-order valence-electron chi connectivity index (χ2n) is 4.99. The van der Waals surface area contributed by atoms with Gasteiger partial charge in [0.05, 0.1) is 5.56 Å². The van der Waals surface area contributed by atoms with E-state index in [1.165, 1.54) is 12.1 Å². The van der Waals surface area contributed by atoms with Crippen molar-refractivity contribution in [3.05, 3.63) is 70.1 Å². The third kappa shape index (κ3) is 3.04. The van der Waals surface area contributed by atoms with Gasteiger partial charge in [0.1, 0.15) is 5.82 Å². The van der Waals surface area contributed by atoms with Crippen LogP contribution in [-0.2, 0) is 6.42 Å². The molecule has 0 saturated carbocycles. The van der Waals surface area contributed by atoms with Gasteiger partial charge in [0.2, 0.25) is 0 Å². The number of hydrogen-bond donors (Lipinski definition) is 2. The van der Waals surface area contributed by atoms with Crippen LogP contribution in [0.4, 0.5) is 4.39 Å².